The molecule has 2 rings (SSSR count). The van der Waals surface area contributed by atoms with E-state index in [4.69, 9.17) is 0 Å². The number of hydrogen-bond donors (Lipinski definition) is 1. The monoisotopic (exact) mass is 218 g/mol. The Kier molecular flexibility index (Phi) is 2.23. The molecule has 1 heterocycles. The van der Waals surface area contributed by atoms with Crippen LogP contribution < -0.4 is 5.32 Å². The van der Waals surface area contributed by atoms with Crippen molar-refractivity contribution in [1.29, 1.82) is 0 Å². The lowest BCUT2D eigenvalue weighted by Gasteiger charge is -2.06. The summed E-state index contributed by atoms with van der Waals surface area (Å²) in [7, 11) is 1.42. The zero-order chi connectivity index (χ0) is 11.9. The highest BCUT2D eigenvalue weighted by Crippen LogP contribution is 2.28. The van der Waals surface area contributed by atoms with Crippen molar-refractivity contribution in [3.8, 4) is 0 Å². The SMILES string of the molecule is CC(=O)Nc1cccc2c1C(=O)N(C)C2=O. The van der Waals surface area contributed by atoms with Crippen LogP contribution in [0.1, 0.15) is 27.6 Å². The minimum atomic E-state index is -0.385. The summed E-state index contributed by atoms with van der Waals surface area (Å²) in [4.78, 5) is 35.4. The van der Waals surface area contributed by atoms with Gasteiger partial charge in [0.05, 0.1) is 16.8 Å². The second-order valence-corrected chi connectivity index (χ2v) is 3.58. The maximum absolute atomic E-state index is 11.8. The van der Waals surface area contributed by atoms with E-state index < -0.39 is 0 Å². The smallest absolute Gasteiger partial charge is 0.263 e. The average Bonchev–Trinajstić information content (AvgIpc) is 2.44. The number of amides is 3. The number of rotatable bonds is 1. The number of benzene rings is 1. The van der Waals surface area contributed by atoms with E-state index in [1.165, 1.54) is 14.0 Å². The summed E-state index contributed by atoms with van der Waals surface area (Å²) in [5, 5.41) is 2.54. The molecule has 0 saturated carbocycles. The van der Waals surface area contributed by atoms with E-state index in [-0.39, 0.29) is 23.3 Å². The third-order valence-electron chi connectivity index (χ3n) is 2.43. The molecule has 5 nitrogen and oxygen atoms in total. The van der Waals surface area contributed by atoms with Crippen LogP contribution in [0.5, 0.6) is 0 Å². The summed E-state index contributed by atoms with van der Waals surface area (Å²) >= 11 is 0. The third-order valence-corrected chi connectivity index (χ3v) is 2.43. The third kappa shape index (κ3) is 1.37. The van der Waals surface area contributed by atoms with Gasteiger partial charge in [-0.3, -0.25) is 19.3 Å². The van der Waals surface area contributed by atoms with Crippen molar-refractivity contribution >= 4 is 23.4 Å². The van der Waals surface area contributed by atoms with E-state index in [0.717, 1.165) is 4.90 Å². The predicted molar refractivity (Wildman–Crippen MR) is 57.2 cm³/mol. The number of nitrogens with zero attached hydrogens (tertiary/aromatic N) is 1. The summed E-state index contributed by atoms with van der Waals surface area (Å²) in [5.74, 6) is -1.00. The quantitative estimate of drug-likeness (QED) is 0.711. The van der Waals surface area contributed by atoms with Crippen LogP contribution in [-0.2, 0) is 4.79 Å². The molecule has 0 unspecified atom stereocenters. The van der Waals surface area contributed by atoms with Gasteiger partial charge in [-0.2, -0.15) is 0 Å². The molecule has 0 atom stereocenters. The molecule has 0 aromatic heterocycles. The molecule has 0 radical (unpaired) electrons. The molecule has 0 bridgehead atoms. The maximum atomic E-state index is 11.8. The van der Waals surface area contributed by atoms with Crippen LogP contribution in [0.4, 0.5) is 5.69 Å². The van der Waals surface area contributed by atoms with E-state index in [2.05, 4.69) is 5.32 Å². The van der Waals surface area contributed by atoms with Gasteiger partial charge in [0.25, 0.3) is 11.8 Å². The average molecular weight is 218 g/mol. The van der Waals surface area contributed by atoms with E-state index in [1.54, 1.807) is 18.2 Å². The summed E-state index contributed by atoms with van der Waals surface area (Å²) < 4.78 is 0. The Morgan fingerprint density at radius 2 is 1.94 bits per heavy atom. The van der Waals surface area contributed by atoms with Crippen molar-refractivity contribution < 1.29 is 14.4 Å². The first-order valence-electron chi connectivity index (χ1n) is 4.75. The molecule has 1 N–H and O–H groups in total. The zero-order valence-corrected chi connectivity index (χ0v) is 8.90. The molecule has 1 aromatic carbocycles. The van der Waals surface area contributed by atoms with Crippen LogP contribution in [0.3, 0.4) is 0 Å². The fraction of sp³-hybridized carbons (Fsp3) is 0.182. The Balaban J connectivity index is 2.58. The van der Waals surface area contributed by atoms with E-state index in [9.17, 15) is 14.4 Å². The van der Waals surface area contributed by atoms with Crippen LogP contribution >= 0.6 is 0 Å². The normalized spacial score (nSPS) is 14.0. The van der Waals surface area contributed by atoms with Gasteiger partial charge in [-0.05, 0) is 12.1 Å². The lowest BCUT2D eigenvalue weighted by Crippen LogP contribution is -2.24. The number of anilines is 1. The molecule has 3 amide bonds. The summed E-state index contributed by atoms with van der Waals surface area (Å²) in [6, 6.07) is 4.81. The van der Waals surface area contributed by atoms with Gasteiger partial charge in [0.15, 0.2) is 0 Å². The van der Waals surface area contributed by atoms with Crippen molar-refractivity contribution in [3.63, 3.8) is 0 Å². The fourth-order valence-corrected chi connectivity index (χ4v) is 1.70. The van der Waals surface area contributed by atoms with Gasteiger partial charge in [0, 0.05) is 14.0 Å². The minimum Gasteiger partial charge on any atom is -0.326 e. The van der Waals surface area contributed by atoms with Crippen molar-refractivity contribution in [2.45, 2.75) is 6.92 Å². The Bertz CT molecular complexity index is 508. The summed E-state index contributed by atoms with van der Waals surface area (Å²) in [6.45, 7) is 1.35. The van der Waals surface area contributed by atoms with Gasteiger partial charge in [0.1, 0.15) is 0 Å². The predicted octanol–water partition coefficient (Wildman–Crippen LogP) is 0.871. The Hall–Kier alpha value is -2.17. The summed E-state index contributed by atoms with van der Waals surface area (Å²) in [6.07, 6.45) is 0. The van der Waals surface area contributed by atoms with Crippen molar-refractivity contribution in [2.24, 2.45) is 0 Å². The van der Waals surface area contributed by atoms with Gasteiger partial charge in [-0.25, -0.2) is 0 Å². The van der Waals surface area contributed by atoms with Crippen LogP contribution in [0.2, 0.25) is 0 Å². The topological polar surface area (TPSA) is 66.5 Å². The first-order valence-corrected chi connectivity index (χ1v) is 4.75. The molecule has 16 heavy (non-hydrogen) atoms. The number of imide groups is 1. The first-order chi connectivity index (χ1) is 7.52. The molecule has 1 aromatic rings. The van der Waals surface area contributed by atoms with Gasteiger partial charge in [-0.1, -0.05) is 6.07 Å². The van der Waals surface area contributed by atoms with Crippen LogP contribution in [-0.4, -0.2) is 29.7 Å². The van der Waals surface area contributed by atoms with E-state index >= 15 is 0 Å². The van der Waals surface area contributed by atoms with Crippen molar-refractivity contribution in [1.82, 2.24) is 4.90 Å². The zero-order valence-electron chi connectivity index (χ0n) is 8.90. The molecule has 1 aliphatic heterocycles. The highest BCUT2D eigenvalue weighted by Gasteiger charge is 2.34. The number of hydrogen-bond acceptors (Lipinski definition) is 3. The lowest BCUT2D eigenvalue weighted by atomic mass is 10.1. The highest BCUT2D eigenvalue weighted by molar-refractivity contribution is 6.24. The number of nitrogens with one attached hydrogen (secondary N) is 1. The van der Waals surface area contributed by atoms with Crippen molar-refractivity contribution in [3.05, 3.63) is 29.3 Å². The van der Waals surface area contributed by atoms with Crippen LogP contribution in [0, 0.1) is 0 Å². The Morgan fingerprint density at radius 3 is 2.56 bits per heavy atom. The van der Waals surface area contributed by atoms with Gasteiger partial charge in [-0.15, -0.1) is 0 Å². The van der Waals surface area contributed by atoms with E-state index in [0.29, 0.717) is 11.3 Å². The highest BCUT2D eigenvalue weighted by atomic mass is 16.2. The van der Waals surface area contributed by atoms with Gasteiger partial charge < -0.3 is 5.32 Å². The molecule has 0 fully saturated rings. The molecule has 0 saturated heterocycles. The Labute approximate surface area is 92.0 Å². The van der Waals surface area contributed by atoms with Crippen LogP contribution in [0.15, 0.2) is 18.2 Å². The number of carbonyl (C=O) groups excluding carboxylic acids is 3. The summed E-state index contributed by atoms with van der Waals surface area (Å²) in [5.41, 5.74) is 0.983. The fourth-order valence-electron chi connectivity index (χ4n) is 1.70. The Morgan fingerprint density at radius 1 is 1.25 bits per heavy atom. The molecule has 5 heteroatoms. The second-order valence-electron chi connectivity index (χ2n) is 3.58. The first kappa shape index (κ1) is 10.4. The number of carbonyl (C=O) groups is 3. The van der Waals surface area contributed by atoms with Gasteiger partial charge >= 0.3 is 0 Å². The molecule has 1 aliphatic rings. The van der Waals surface area contributed by atoms with E-state index in [1.807, 2.05) is 0 Å². The largest absolute Gasteiger partial charge is 0.326 e. The maximum Gasteiger partial charge on any atom is 0.263 e. The number of fused-ring (bicyclic) bond motifs is 1. The molecule has 0 spiro atoms. The molecular formula is C11H10N2O3. The standard InChI is InChI=1S/C11H10N2O3/c1-6(14)12-8-5-3-4-7-9(8)11(16)13(2)10(7)15/h3-5H,1-2H3,(H,12,14). The van der Waals surface area contributed by atoms with Crippen molar-refractivity contribution in [2.75, 3.05) is 12.4 Å². The van der Waals surface area contributed by atoms with Crippen LogP contribution in [0.25, 0.3) is 0 Å². The second kappa shape index (κ2) is 3.44. The lowest BCUT2D eigenvalue weighted by molar-refractivity contribution is -0.114. The molecule has 82 valence electrons. The molecular weight excluding hydrogens is 208 g/mol. The molecule has 0 aliphatic carbocycles. The minimum absolute atomic E-state index is 0.269. The van der Waals surface area contributed by atoms with Gasteiger partial charge in [0.2, 0.25) is 5.91 Å².